The monoisotopic (exact) mass is 223 g/mol. The van der Waals surface area contributed by atoms with E-state index in [9.17, 15) is 4.79 Å². The first-order valence-corrected chi connectivity index (χ1v) is 5.46. The molecule has 0 saturated heterocycles. The molecule has 0 bridgehead atoms. The van der Waals surface area contributed by atoms with Gasteiger partial charge in [0.2, 0.25) is 5.91 Å². The number of anilines is 2. The van der Waals surface area contributed by atoms with Crippen molar-refractivity contribution in [3.8, 4) is 0 Å². The smallest absolute Gasteiger partial charge is 0.240 e. The average Bonchev–Trinajstić information content (AvgIpc) is 2.18. The molecule has 1 aliphatic rings. The molecule has 1 amide bonds. The quantitative estimate of drug-likeness (QED) is 0.501. The van der Waals surface area contributed by atoms with Crippen LogP contribution >= 0.6 is 11.8 Å². The number of carbonyl (C=O) groups is 1. The van der Waals surface area contributed by atoms with E-state index in [1.54, 1.807) is 11.8 Å². The van der Waals surface area contributed by atoms with E-state index in [2.05, 4.69) is 10.7 Å². The third kappa shape index (κ3) is 1.80. The van der Waals surface area contributed by atoms with Crippen molar-refractivity contribution >= 4 is 29.0 Å². The molecule has 0 fully saturated rings. The standard InChI is InChI=1S/C10H13N3OS/c1-10(2)9(14)12-7-4-3-6(13-11)5-8(7)15-10/h3-5,13H,11H2,1-2H3,(H,12,14). The van der Waals surface area contributed by atoms with Crippen molar-refractivity contribution in [3.05, 3.63) is 18.2 Å². The van der Waals surface area contributed by atoms with Gasteiger partial charge in [-0.2, -0.15) is 0 Å². The van der Waals surface area contributed by atoms with Gasteiger partial charge in [-0.15, -0.1) is 11.8 Å². The number of nitrogens with one attached hydrogen (secondary N) is 2. The van der Waals surface area contributed by atoms with Crippen LogP contribution in [-0.2, 0) is 4.79 Å². The zero-order valence-electron chi connectivity index (χ0n) is 8.63. The van der Waals surface area contributed by atoms with Crippen LogP contribution in [0.25, 0.3) is 0 Å². The molecule has 0 aliphatic carbocycles. The lowest BCUT2D eigenvalue weighted by Gasteiger charge is -2.29. The highest BCUT2D eigenvalue weighted by Crippen LogP contribution is 2.42. The molecule has 1 aromatic rings. The summed E-state index contributed by atoms with van der Waals surface area (Å²) in [6, 6.07) is 5.61. The third-order valence-electron chi connectivity index (χ3n) is 2.31. The van der Waals surface area contributed by atoms with E-state index < -0.39 is 4.75 Å². The Morgan fingerprint density at radius 2 is 2.20 bits per heavy atom. The zero-order chi connectivity index (χ0) is 11.1. The van der Waals surface area contributed by atoms with Gasteiger partial charge in [0.15, 0.2) is 0 Å². The summed E-state index contributed by atoms with van der Waals surface area (Å²) in [5.41, 5.74) is 4.28. The zero-order valence-corrected chi connectivity index (χ0v) is 9.44. The summed E-state index contributed by atoms with van der Waals surface area (Å²) in [7, 11) is 0. The number of thioether (sulfide) groups is 1. The molecule has 1 aromatic carbocycles. The van der Waals surface area contributed by atoms with E-state index in [1.807, 2.05) is 32.0 Å². The second kappa shape index (κ2) is 3.43. The van der Waals surface area contributed by atoms with E-state index in [0.29, 0.717) is 0 Å². The molecule has 0 atom stereocenters. The van der Waals surface area contributed by atoms with E-state index in [-0.39, 0.29) is 5.91 Å². The molecular weight excluding hydrogens is 210 g/mol. The van der Waals surface area contributed by atoms with E-state index >= 15 is 0 Å². The van der Waals surface area contributed by atoms with Gasteiger partial charge in [0, 0.05) is 10.6 Å². The molecular formula is C10H13N3OS. The first-order chi connectivity index (χ1) is 7.03. The number of hydrazine groups is 1. The Labute approximate surface area is 92.6 Å². The molecule has 0 aromatic heterocycles. The van der Waals surface area contributed by atoms with Crippen LogP contribution < -0.4 is 16.6 Å². The number of benzene rings is 1. The minimum absolute atomic E-state index is 0.0356. The van der Waals surface area contributed by atoms with E-state index in [1.165, 1.54) is 0 Å². The van der Waals surface area contributed by atoms with Crippen LogP contribution in [0, 0.1) is 0 Å². The number of rotatable bonds is 1. The molecule has 2 rings (SSSR count). The molecule has 15 heavy (non-hydrogen) atoms. The highest BCUT2D eigenvalue weighted by molar-refractivity contribution is 8.01. The number of nitrogen functional groups attached to an aromatic ring is 1. The maximum Gasteiger partial charge on any atom is 0.240 e. The summed E-state index contributed by atoms with van der Waals surface area (Å²) >= 11 is 1.54. The van der Waals surface area contributed by atoms with Crippen molar-refractivity contribution in [1.29, 1.82) is 0 Å². The molecule has 80 valence electrons. The predicted octanol–water partition coefficient (Wildman–Crippen LogP) is 1.79. The van der Waals surface area contributed by atoms with Crippen LogP contribution in [0.15, 0.2) is 23.1 Å². The van der Waals surface area contributed by atoms with Crippen molar-refractivity contribution in [2.24, 2.45) is 5.84 Å². The second-order valence-corrected chi connectivity index (χ2v) is 5.59. The molecule has 4 nitrogen and oxygen atoms in total. The van der Waals surface area contributed by atoms with Gasteiger partial charge in [-0.3, -0.25) is 10.6 Å². The Bertz CT molecular complexity index is 417. The molecule has 4 N–H and O–H groups in total. The number of fused-ring (bicyclic) bond motifs is 1. The molecule has 0 saturated carbocycles. The number of nitrogens with two attached hydrogens (primary N) is 1. The highest BCUT2D eigenvalue weighted by Gasteiger charge is 2.34. The van der Waals surface area contributed by atoms with Crippen LogP contribution in [-0.4, -0.2) is 10.7 Å². The maximum atomic E-state index is 11.7. The summed E-state index contributed by atoms with van der Waals surface area (Å²) in [5, 5.41) is 2.87. The summed E-state index contributed by atoms with van der Waals surface area (Å²) in [4.78, 5) is 12.7. The SMILES string of the molecule is CC1(C)Sc2cc(NN)ccc2NC1=O. The molecule has 0 unspecified atom stereocenters. The predicted molar refractivity (Wildman–Crippen MR) is 62.8 cm³/mol. The number of carbonyl (C=O) groups excluding carboxylic acids is 1. The van der Waals surface area contributed by atoms with Gasteiger partial charge in [0.1, 0.15) is 0 Å². The minimum atomic E-state index is -0.430. The summed E-state index contributed by atoms with van der Waals surface area (Å²) in [6.07, 6.45) is 0. The summed E-state index contributed by atoms with van der Waals surface area (Å²) in [6.45, 7) is 3.80. The van der Waals surface area contributed by atoms with Crippen molar-refractivity contribution in [3.63, 3.8) is 0 Å². The normalized spacial score (nSPS) is 17.9. The number of hydrogen-bond acceptors (Lipinski definition) is 4. The first-order valence-electron chi connectivity index (χ1n) is 4.64. The van der Waals surface area contributed by atoms with Crippen molar-refractivity contribution in [1.82, 2.24) is 0 Å². The maximum absolute atomic E-state index is 11.7. The van der Waals surface area contributed by atoms with Gasteiger partial charge in [0.05, 0.1) is 10.4 Å². The second-order valence-electron chi connectivity index (χ2n) is 3.92. The van der Waals surface area contributed by atoms with Gasteiger partial charge in [0.25, 0.3) is 0 Å². The fraction of sp³-hybridized carbons (Fsp3) is 0.300. The summed E-state index contributed by atoms with van der Waals surface area (Å²) in [5.74, 6) is 5.37. The molecule has 1 heterocycles. The van der Waals surface area contributed by atoms with Crippen LogP contribution in [0.2, 0.25) is 0 Å². The topological polar surface area (TPSA) is 67.2 Å². The highest BCUT2D eigenvalue weighted by atomic mass is 32.2. The van der Waals surface area contributed by atoms with Gasteiger partial charge in [-0.1, -0.05) is 0 Å². The molecule has 5 heteroatoms. The Kier molecular flexibility index (Phi) is 2.36. The summed E-state index contributed by atoms with van der Waals surface area (Å²) < 4.78 is -0.430. The van der Waals surface area contributed by atoms with Crippen molar-refractivity contribution in [2.45, 2.75) is 23.5 Å². The molecule has 0 spiro atoms. The van der Waals surface area contributed by atoms with Crippen LogP contribution in [0.3, 0.4) is 0 Å². The lowest BCUT2D eigenvalue weighted by molar-refractivity contribution is -0.117. The Hall–Kier alpha value is -1.20. The van der Waals surface area contributed by atoms with Gasteiger partial charge >= 0.3 is 0 Å². The minimum Gasteiger partial charge on any atom is -0.324 e. The number of hydrogen-bond donors (Lipinski definition) is 3. The first kappa shape index (κ1) is 10.3. The van der Waals surface area contributed by atoms with E-state index in [4.69, 9.17) is 5.84 Å². The van der Waals surface area contributed by atoms with Gasteiger partial charge < -0.3 is 10.7 Å². The Morgan fingerprint density at radius 1 is 1.47 bits per heavy atom. The molecule has 1 aliphatic heterocycles. The van der Waals surface area contributed by atoms with E-state index in [0.717, 1.165) is 16.3 Å². The third-order valence-corrected chi connectivity index (χ3v) is 3.56. The largest absolute Gasteiger partial charge is 0.324 e. The van der Waals surface area contributed by atoms with Crippen LogP contribution in [0.4, 0.5) is 11.4 Å². The van der Waals surface area contributed by atoms with Gasteiger partial charge in [-0.05, 0) is 32.0 Å². The van der Waals surface area contributed by atoms with Crippen molar-refractivity contribution in [2.75, 3.05) is 10.7 Å². The lowest BCUT2D eigenvalue weighted by Crippen LogP contribution is -2.37. The van der Waals surface area contributed by atoms with Crippen LogP contribution in [0.1, 0.15) is 13.8 Å². The van der Waals surface area contributed by atoms with Crippen LogP contribution in [0.5, 0.6) is 0 Å². The number of amides is 1. The molecule has 0 radical (unpaired) electrons. The Morgan fingerprint density at radius 3 is 2.87 bits per heavy atom. The van der Waals surface area contributed by atoms with Gasteiger partial charge in [-0.25, -0.2) is 0 Å². The average molecular weight is 223 g/mol. The van der Waals surface area contributed by atoms with Crippen molar-refractivity contribution < 1.29 is 4.79 Å². The Balaban J connectivity index is 2.42. The lowest BCUT2D eigenvalue weighted by atomic mass is 10.1. The fourth-order valence-electron chi connectivity index (χ4n) is 1.39. The fourth-order valence-corrected chi connectivity index (χ4v) is 2.50.